The van der Waals surface area contributed by atoms with Crippen LogP contribution in [-0.4, -0.2) is 21.0 Å². The molecule has 0 aliphatic rings. The molecular formula is C18H14N4O3S2. The molecule has 3 aromatic rings. The maximum atomic E-state index is 11.9. The fourth-order valence-corrected chi connectivity index (χ4v) is 3.77. The quantitative estimate of drug-likeness (QED) is 0.208. The van der Waals surface area contributed by atoms with E-state index < -0.39 is 4.92 Å². The van der Waals surface area contributed by atoms with Gasteiger partial charge in [-0.2, -0.15) is 0 Å². The topological polar surface area (TPSA) is 98.0 Å². The Kier molecular flexibility index (Phi) is 6.29. The first-order chi connectivity index (χ1) is 13.1. The van der Waals surface area contributed by atoms with Crippen LogP contribution in [-0.2, 0) is 10.5 Å². The van der Waals surface area contributed by atoms with Gasteiger partial charge in [0.15, 0.2) is 4.34 Å². The fourth-order valence-electron chi connectivity index (χ4n) is 2.06. The highest BCUT2D eigenvalue weighted by Crippen LogP contribution is 2.28. The number of nitro groups is 1. The van der Waals surface area contributed by atoms with E-state index in [2.05, 4.69) is 15.5 Å². The molecule has 0 saturated heterocycles. The van der Waals surface area contributed by atoms with Gasteiger partial charge in [0.25, 0.3) is 5.69 Å². The van der Waals surface area contributed by atoms with E-state index in [4.69, 9.17) is 0 Å². The zero-order valence-corrected chi connectivity index (χ0v) is 15.6. The number of benzene rings is 2. The number of thioether (sulfide) groups is 1. The Labute approximate surface area is 163 Å². The lowest BCUT2D eigenvalue weighted by atomic mass is 10.2. The Morgan fingerprint density at radius 1 is 1.15 bits per heavy atom. The Bertz CT molecular complexity index is 956. The molecule has 0 bridgehead atoms. The highest BCUT2D eigenvalue weighted by atomic mass is 32.2. The number of anilines is 1. The molecule has 0 radical (unpaired) electrons. The van der Waals surface area contributed by atoms with Crippen molar-refractivity contribution in [1.29, 1.82) is 0 Å². The minimum Gasteiger partial charge on any atom is -0.297 e. The Morgan fingerprint density at radius 3 is 2.59 bits per heavy atom. The van der Waals surface area contributed by atoms with E-state index in [1.54, 1.807) is 18.2 Å². The highest BCUT2D eigenvalue weighted by molar-refractivity contribution is 8.00. The molecular weight excluding hydrogens is 384 g/mol. The van der Waals surface area contributed by atoms with Crippen molar-refractivity contribution in [1.82, 2.24) is 10.2 Å². The maximum Gasteiger partial charge on any atom is 0.269 e. The molecule has 1 amide bonds. The Morgan fingerprint density at radius 2 is 1.89 bits per heavy atom. The molecule has 0 spiro atoms. The number of carbonyl (C=O) groups excluding carboxylic acids is 1. The van der Waals surface area contributed by atoms with E-state index in [0.717, 1.165) is 11.1 Å². The number of rotatable bonds is 7. The summed E-state index contributed by atoms with van der Waals surface area (Å²) in [6.45, 7) is 0. The minimum absolute atomic E-state index is 0.0632. The van der Waals surface area contributed by atoms with Gasteiger partial charge >= 0.3 is 0 Å². The van der Waals surface area contributed by atoms with Crippen LogP contribution in [0.4, 0.5) is 10.8 Å². The van der Waals surface area contributed by atoms with Gasteiger partial charge in [-0.25, -0.2) is 0 Å². The summed E-state index contributed by atoms with van der Waals surface area (Å²) in [4.78, 5) is 22.2. The summed E-state index contributed by atoms with van der Waals surface area (Å²) in [6.07, 6.45) is 3.17. The second-order valence-corrected chi connectivity index (χ2v) is 7.52. The van der Waals surface area contributed by atoms with Gasteiger partial charge in [-0.3, -0.25) is 20.2 Å². The smallest absolute Gasteiger partial charge is 0.269 e. The van der Waals surface area contributed by atoms with E-state index >= 15 is 0 Å². The third-order valence-corrected chi connectivity index (χ3v) is 5.42. The Balaban J connectivity index is 1.51. The SMILES string of the molecule is O=C(C=Cc1ccccc1)Nc1nnc(SCc2ccc([N+](=O)[O-])cc2)s1. The van der Waals surface area contributed by atoms with Gasteiger partial charge in [-0.15, -0.1) is 10.2 Å². The standard InChI is InChI=1S/C18H14N4O3S2/c23-16(11-8-13-4-2-1-3-5-13)19-17-20-21-18(27-17)26-12-14-6-9-15(10-7-14)22(24)25/h1-11H,12H2,(H,19,20,23). The van der Waals surface area contributed by atoms with E-state index in [9.17, 15) is 14.9 Å². The number of nitrogens with zero attached hydrogens (tertiary/aromatic N) is 3. The van der Waals surface area contributed by atoms with Crippen LogP contribution in [0.15, 0.2) is 65.0 Å². The molecule has 0 aliphatic carbocycles. The molecule has 1 N–H and O–H groups in total. The summed E-state index contributed by atoms with van der Waals surface area (Å²) in [5.41, 5.74) is 1.94. The molecule has 1 aromatic heterocycles. The van der Waals surface area contributed by atoms with Crippen molar-refractivity contribution >= 4 is 45.9 Å². The molecule has 3 rings (SSSR count). The predicted molar refractivity (Wildman–Crippen MR) is 107 cm³/mol. The summed E-state index contributed by atoms with van der Waals surface area (Å²) in [6, 6.07) is 15.9. The van der Waals surface area contributed by atoms with Crippen molar-refractivity contribution in [3.05, 3.63) is 81.9 Å². The van der Waals surface area contributed by atoms with Gasteiger partial charge in [0.05, 0.1) is 4.92 Å². The molecule has 0 unspecified atom stereocenters. The second-order valence-electron chi connectivity index (χ2n) is 5.32. The first-order valence-corrected chi connectivity index (χ1v) is 9.64. The lowest BCUT2D eigenvalue weighted by molar-refractivity contribution is -0.384. The van der Waals surface area contributed by atoms with Crippen molar-refractivity contribution in [2.45, 2.75) is 10.1 Å². The number of aromatic nitrogens is 2. The van der Waals surface area contributed by atoms with E-state index in [1.807, 2.05) is 30.3 Å². The number of non-ortho nitro benzene ring substituents is 1. The second kappa shape index (κ2) is 9.06. The average molecular weight is 398 g/mol. The minimum atomic E-state index is -0.428. The van der Waals surface area contributed by atoms with Crippen molar-refractivity contribution in [3.8, 4) is 0 Å². The molecule has 7 nitrogen and oxygen atoms in total. The molecule has 27 heavy (non-hydrogen) atoms. The highest BCUT2D eigenvalue weighted by Gasteiger charge is 2.08. The van der Waals surface area contributed by atoms with Crippen LogP contribution in [0, 0.1) is 10.1 Å². The molecule has 0 atom stereocenters. The summed E-state index contributed by atoms with van der Waals surface area (Å²) in [5.74, 6) is 0.330. The number of amides is 1. The van der Waals surface area contributed by atoms with Crippen LogP contribution in [0.1, 0.15) is 11.1 Å². The normalized spacial score (nSPS) is 10.8. The number of hydrogen-bond donors (Lipinski definition) is 1. The Hall–Kier alpha value is -3.04. The van der Waals surface area contributed by atoms with E-state index in [1.165, 1.54) is 41.3 Å². The molecule has 1 heterocycles. The predicted octanol–water partition coefficient (Wildman–Crippen LogP) is 4.39. The first kappa shape index (κ1) is 18.7. The molecule has 2 aromatic carbocycles. The van der Waals surface area contributed by atoms with Crippen LogP contribution in [0.3, 0.4) is 0 Å². The van der Waals surface area contributed by atoms with Gasteiger partial charge < -0.3 is 0 Å². The fraction of sp³-hybridized carbons (Fsp3) is 0.0556. The molecule has 9 heteroatoms. The summed E-state index contributed by atoms with van der Waals surface area (Å²) >= 11 is 2.73. The van der Waals surface area contributed by atoms with Gasteiger partial charge in [0.1, 0.15) is 0 Å². The van der Waals surface area contributed by atoms with Gasteiger partial charge in [0, 0.05) is 24.0 Å². The number of nitrogens with one attached hydrogen (secondary N) is 1. The van der Waals surface area contributed by atoms with Gasteiger partial charge in [-0.1, -0.05) is 65.6 Å². The maximum absolute atomic E-state index is 11.9. The van der Waals surface area contributed by atoms with Crippen molar-refractivity contribution < 1.29 is 9.72 Å². The number of nitro benzene ring substituents is 1. The first-order valence-electron chi connectivity index (χ1n) is 7.84. The lowest BCUT2D eigenvalue weighted by Crippen LogP contribution is -2.07. The molecule has 136 valence electrons. The summed E-state index contributed by atoms with van der Waals surface area (Å²) in [5, 5.41) is 21.7. The van der Waals surface area contributed by atoms with Crippen LogP contribution >= 0.6 is 23.1 Å². The van der Waals surface area contributed by atoms with Crippen molar-refractivity contribution in [2.24, 2.45) is 0 Å². The van der Waals surface area contributed by atoms with Crippen LogP contribution in [0.2, 0.25) is 0 Å². The number of carbonyl (C=O) groups is 1. The van der Waals surface area contributed by atoms with E-state index in [0.29, 0.717) is 15.2 Å². The molecule has 0 aliphatic heterocycles. The summed E-state index contributed by atoms with van der Waals surface area (Å²) < 4.78 is 0.704. The molecule has 0 fully saturated rings. The monoisotopic (exact) mass is 398 g/mol. The molecule has 0 saturated carbocycles. The third-order valence-electron chi connectivity index (χ3n) is 3.37. The van der Waals surface area contributed by atoms with E-state index in [-0.39, 0.29) is 11.6 Å². The zero-order valence-electron chi connectivity index (χ0n) is 13.9. The van der Waals surface area contributed by atoms with Crippen molar-refractivity contribution in [2.75, 3.05) is 5.32 Å². The number of hydrogen-bond acceptors (Lipinski definition) is 7. The van der Waals surface area contributed by atoms with Crippen LogP contribution in [0.5, 0.6) is 0 Å². The van der Waals surface area contributed by atoms with Crippen LogP contribution < -0.4 is 5.32 Å². The largest absolute Gasteiger partial charge is 0.297 e. The van der Waals surface area contributed by atoms with Crippen LogP contribution in [0.25, 0.3) is 6.08 Å². The lowest BCUT2D eigenvalue weighted by Gasteiger charge is -1.98. The van der Waals surface area contributed by atoms with Gasteiger partial charge in [-0.05, 0) is 17.2 Å². The zero-order chi connectivity index (χ0) is 19.1. The average Bonchev–Trinajstić information content (AvgIpc) is 3.13. The summed E-state index contributed by atoms with van der Waals surface area (Å²) in [7, 11) is 0. The van der Waals surface area contributed by atoms with Crippen molar-refractivity contribution in [3.63, 3.8) is 0 Å². The van der Waals surface area contributed by atoms with Gasteiger partial charge in [0.2, 0.25) is 11.0 Å². The third kappa shape index (κ3) is 5.73.